The second-order valence-corrected chi connectivity index (χ2v) is 7.56. The fourth-order valence-electron chi connectivity index (χ4n) is 3.76. The van der Waals surface area contributed by atoms with E-state index in [2.05, 4.69) is 10.3 Å². The molecule has 8 nitrogen and oxygen atoms in total. The first-order chi connectivity index (χ1) is 14.0. The molecule has 1 atom stereocenters. The van der Waals surface area contributed by atoms with Gasteiger partial charge in [0.25, 0.3) is 11.5 Å². The topological polar surface area (TPSA) is 110 Å². The Morgan fingerprint density at radius 2 is 1.93 bits per heavy atom. The van der Waals surface area contributed by atoms with Crippen LogP contribution in [0.5, 0.6) is 0 Å². The number of benzene rings is 1. The molecule has 0 spiro atoms. The number of aryl methyl sites for hydroxylation is 1. The first kappa shape index (κ1) is 20.8. The fourth-order valence-corrected chi connectivity index (χ4v) is 3.76. The number of ether oxygens (including phenoxy) is 1. The van der Waals surface area contributed by atoms with Gasteiger partial charge in [-0.25, -0.2) is 4.79 Å². The van der Waals surface area contributed by atoms with Gasteiger partial charge in [-0.2, -0.15) is 0 Å². The van der Waals surface area contributed by atoms with E-state index in [1.54, 1.807) is 24.3 Å². The zero-order valence-electron chi connectivity index (χ0n) is 16.6. The van der Waals surface area contributed by atoms with Crippen molar-refractivity contribution in [3.8, 4) is 0 Å². The number of nitrogens with zero attached hydrogens (tertiary/aromatic N) is 1. The molecule has 0 aliphatic heterocycles. The first-order valence-electron chi connectivity index (χ1n) is 10.1. The average Bonchev–Trinajstić information content (AvgIpc) is 2.72. The number of aromatic nitrogens is 2. The third-order valence-corrected chi connectivity index (χ3v) is 5.41. The average molecular weight is 401 g/mol. The summed E-state index contributed by atoms with van der Waals surface area (Å²) in [7, 11) is 0. The van der Waals surface area contributed by atoms with Crippen LogP contribution in [0.3, 0.4) is 0 Å². The molecule has 0 unspecified atom stereocenters. The lowest BCUT2D eigenvalue weighted by Gasteiger charge is -2.22. The van der Waals surface area contributed by atoms with E-state index in [0.29, 0.717) is 23.4 Å². The van der Waals surface area contributed by atoms with Crippen LogP contribution in [-0.4, -0.2) is 34.1 Å². The number of carbonyl (C=O) groups excluding carboxylic acids is 2. The van der Waals surface area contributed by atoms with Crippen LogP contribution in [0.1, 0.15) is 45.4 Å². The Hall–Kier alpha value is -2.90. The number of para-hydroxylation sites is 1. The van der Waals surface area contributed by atoms with Crippen LogP contribution in [-0.2, 0) is 20.9 Å². The van der Waals surface area contributed by atoms with Gasteiger partial charge in [-0.15, -0.1) is 0 Å². The molecule has 1 aromatic carbocycles. The van der Waals surface area contributed by atoms with Crippen LogP contribution in [0.4, 0.5) is 0 Å². The number of hydrogen-bond donors (Lipinski definition) is 2. The fraction of sp³-hybridized carbons (Fsp3) is 0.524. The highest BCUT2D eigenvalue weighted by atomic mass is 16.5. The summed E-state index contributed by atoms with van der Waals surface area (Å²) in [5, 5.41) is 3.23. The standard InChI is InChI=1S/C21H27N3O5/c1-14(19(26)22-13-15-7-3-2-4-8-15)29-18(25)11-12-24-17-10-6-5-9-16(17)20(27)23-21(24)28/h5-6,9-10,14-15H,2-4,7-8,11-13H2,1H3,(H,22,26)(H,23,27,28)/t14-/m1/s1. The minimum atomic E-state index is -0.893. The molecule has 1 fully saturated rings. The van der Waals surface area contributed by atoms with Gasteiger partial charge in [-0.05, 0) is 37.8 Å². The Labute approximate surface area is 168 Å². The predicted octanol–water partition coefficient (Wildman–Crippen LogP) is 1.71. The lowest BCUT2D eigenvalue weighted by atomic mass is 9.89. The third-order valence-electron chi connectivity index (χ3n) is 5.41. The maximum absolute atomic E-state index is 12.2. The molecule has 1 saturated carbocycles. The molecule has 3 rings (SSSR count). The normalized spacial score (nSPS) is 15.8. The molecule has 29 heavy (non-hydrogen) atoms. The smallest absolute Gasteiger partial charge is 0.328 e. The molecular formula is C21H27N3O5. The van der Waals surface area contributed by atoms with Crippen molar-refractivity contribution in [2.45, 2.75) is 58.1 Å². The minimum Gasteiger partial charge on any atom is -0.452 e. The summed E-state index contributed by atoms with van der Waals surface area (Å²) in [5.74, 6) is -0.390. The zero-order valence-corrected chi connectivity index (χ0v) is 16.6. The minimum absolute atomic E-state index is 0.0470. The number of nitrogens with one attached hydrogen (secondary N) is 2. The number of amides is 1. The molecule has 0 bridgehead atoms. The van der Waals surface area contributed by atoms with Crippen LogP contribution >= 0.6 is 0 Å². The molecule has 1 aliphatic carbocycles. The molecule has 1 aliphatic rings. The highest BCUT2D eigenvalue weighted by Crippen LogP contribution is 2.22. The molecule has 0 saturated heterocycles. The summed E-state index contributed by atoms with van der Waals surface area (Å²) in [6, 6.07) is 6.68. The second-order valence-electron chi connectivity index (χ2n) is 7.56. The van der Waals surface area contributed by atoms with Gasteiger partial charge < -0.3 is 10.1 Å². The van der Waals surface area contributed by atoms with Crippen molar-refractivity contribution < 1.29 is 14.3 Å². The number of rotatable bonds is 7. The summed E-state index contributed by atoms with van der Waals surface area (Å²) < 4.78 is 6.54. The van der Waals surface area contributed by atoms with Gasteiger partial charge in [-0.1, -0.05) is 31.4 Å². The summed E-state index contributed by atoms with van der Waals surface area (Å²) in [5.41, 5.74) is -0.597. The molecule has 1 aromatic heterocycles. The van der Waals surface area contributed by atoms with Crippen molar-refractivity contribution in [1.29, 1.82) is 0 Å². The Kier molecular flexibility index (Phi) is 6.85. The van der Waals surface area contributed by atoms with Gasteiger partial charge >= 0.3 is 11.7 Å². The van der Waals surface area contributed by atoms with Gasteiger partial charge in [0.15, 0.2) is 6.10 Å². The van der Waals surface area contributed by atoms with E-state index in [4.69, 9.17) is 4.74 Å². The Balaban J connectivity index is 1.53. The van der Waals surface area contributed by atoms with Crippen LogP contribution in [0.2, 0.25) is 0 Å². The van der Waals surface area contributed by atoms with Gasteiger partial charge in [0.2, 0.25) is 0 Å². The predicted molar refractivity (Wildman–Crippen MR) is 109 cm³/mol. The lowest BCUT2D eigenvalue weighted by molar-refractivity contribution is -0.155. The van der Waals surface area contributed by atoms with E-state index in [-0.39, 0.29) is 18.9 Å². The van der Waals surface area contributed by atoms with Gasteiger partial charge in [-0.3, -0.25) is 23.9 Å². The van der Waals surface area contributed by atoms with E-state index in [1.165, 1.54) is 30.8 Å². The molecule has 1 amide bonds. The number of H-pyrrole nitrogens is 1. The van der Waals surface area contributed by atoms with Gasteiger partial charge in [0.05, 0.1) is 17.3 Å². The van der Waals surface area contributed by atoms with Crippen molar-refractivity contribution >= 4 is 22.8 Å². The Bertz CT molecular complexity index is 988. The molecule has 2 aromatic rings. The SMILES string of the molecule is C[C@@H](OC(=O)CCn1c(=O)[nH]c(=O)c2ccccc21)C(=O)NCC1CCCCC1. The van der Waals surface area contributed by atoms with Crippen molar-refractivity contribution in [2.24, 2.45) is 5.92 Å². The summed E-state index contributed by atoms with van der Waals surface area (Å²) >= 11 is 0. The van der Waals surface area contributed by atoms with Crippen LogP contribution in [0.15, 0.2) is 33.9 Å². The van der Waals surface area contributed by atoms with Gasteiger partial charge in [0.1, 0.15) is 0 Å². The molecule has 156 valence electrons. The molecular weight excluding hydrogens is 374 g/mol. The lowest BCUT2D eigenvalue weighted by Crippen LogP contribution is -2.39. The molecule has 8 heteroatoms. The summed E-state index contributed by atoms with van der Waals surface area (Å²) in [6.45, 7) is 2.19. The Morgan fingerprint density at radius 3 is 2.69 bits per heavy atom. The maximum atomic E-state index is 12.2. The van der Waals surface area contributed by atoms with Crippen molar-refractivity contribution in [1.82, 2.24) is 14.9 Å². The Morgan fingerprint density at radius 1 is 1.21 bits per heavy atom. The molecule has 2 N–H and O–H groups in total. The van der Waals surface area contributed by atoms with Crippen molar-refractivity contribution in [3.05, 3.63) is 45.1 Å². The van der Waals surface area contributed by atoms with E-state index in [1.807, 2.05) is 0 Å². The number of hydrogen-bond acceptors (Lipinski definition) is 5. The van der Waals surface area contributed by atoms with E-state index >= 15 is 0 Å². The summed E-state index contributed by atoms with van der Waals surface area (Å²) in [4.78, 5) is 50.6. The quantitative estimate of drug-likeness (QED) is 0.686. The van der Waals surface area contributed by atoms with Crippen molar-refractivity contribution in [3.63, 3.8) is 0 Å². The summed E-state index contributed by atoms with van der Waals surface area (Å²) in [6.07, 6.45) is 4.91. The highest BCUT2D eigenvalue weighted by Gasteiger charge is 2.20. The molecule has 1 heterocycles. The largest absolute Gasteiger partial charge is 0.452 e. The number of esters is 1. The second kappa shape index (κ2) is 9.54. The van der Waals surface area contributed by atoms with Gasteiger partial charge in [0, 0.05) is 13.1 Å². The monoisotopic (exact) mass is 401 g/mol. The van der Waals surface area contributed by atoms with Crippen LogP contribution < -0.4 is 16.6 Å². The number of fused-ring (bicyclic) bond motifs is 1. The molecule has 0 radical (unpaired) electrons. The maximum Gasteiger partial charge on any atom is 0.328 e. The van der Waals surface area contributed by atoms with E-state index in [0.717, 1.165) is 12.8 Å². The van der Waals surface area contributed by atoms with Crippen molar-refractivity contribution in [2.75, 3.05) is 6.54 Å². The zero-order chi connectivity index (χ0) is 20.8. The highest BCUT2D eigenvalue weighted by molar-refractivity contribution is 5.83. The van der Waals surface area contributed by atoms with E-state index in [9.17, 15) is 19.2 Å². The number of aromatic amines is 1. The number of carbonyl (C=O) groups is 2. The third kappa shape index (κ3) is 5.34. The van der Waals surface area contributed by atoms with E-state index < -0.39 is 23.3 Å². The van der Waals surface area contributed by atoms with Crippen LogP contribution in [0.25, 0.3) is 10.9 Å². The first-order valence-corrected chi connectivity index (χ1v) is 10.1. The van der Waals surface area contributed by atoms with Crippen LogP contribution in [0, 0.1) is 5.92 Å².